The van der Waals surface area contributed by atoms with Crippen LogP contribution in [0.4, 0.5) is 0 Å². The number of rotatable bonds is 12. The topological polar surface area (TPSA) is 145 Å². The molecule has 0 aromatic heterocycles. The van der Waals surface area contributed by atoms with Crippen LogP contribution < -0.4 is 20.7 Å². The molecule has 4 rings (SSSR count). The van der Waals surface area contributed by atoms with Crippen LogP contribution in [0.15, 0.2) is 54.6 Å². The van der Waals surface area contributed by atoms with Crippen molar-refractivity contribution in [1.82, 2.24) is 16.0 Å². The molecular weight excluding hydrogens is 730 g/mol. The average molecular weight is 786 g/mol. The first-order chi connectivity index (χ1) is 25.4. The van der Waals surface area contributed by atoms with Gasteiger partial charge in [-0.3, -0.25) is 14.4 Å². The number of cyclic esters (lactones) is 2. The lowest BCUT2D eigenvalue weighted by molar-refractivity contribution is -0.179. The van der Waals surface area contributed by atoms with E-state index in [0.29, 0.717) is 22.9 Å². The molecule has 0 bridgehead atoms. The Kier molecular flexibility index (Phi) is 15.1. The van der Waals surface area contributed by atoms with E-state index in [1.54, 1.807) is 38.1 Å². The lowest BCUT2D eigenvalue weighted by atomic mass is 9.92. The second-order valence-electron chi connectivity index (χ2n) is 16.0. The van der Waals surface area contributed by atoms with Crippen LogP contribution in [-0.4, -0.2) is 73.1 Å². The number of carbonyl (C=O) groups is 4. The second kappa shape index (κ2) is 18.8. The van der Waals surface area contributed by atoms with Crippen LogP contribution in [0.1, 0.15) is 84.1 Å². The van der Waals surface area contributed by atoms with Crippen LogP contribution in [0, 0.1) is 17.3 Å². The minimum Gasteiger partial charge on any atom is -0.495 e. The smallest absolute Gasteiger partial charge is 0.347 e. The fourth-order valence-electron chi connectivity index (χ4n) is 6.16. The van der Waals surface area contributed by atoms with Gasteiger partial charge in [-0.25, -0.2) is 4.79 Å². The fourth-order valence-corrected chi connectivity index (χ4v) is 6.55. The van der Waals surface area contributed by atoms with Gasteiger partial charge in [-0.1, -0.05) is 68.8 Å². The van der Waals surface area contributed by atoms with Crippen molar-refractivity contribution < 1.29 is 38.1 Å². The highest BCUT2D eigenvalue weighted by atomic mass is 35.5. The molecule has 13 heteroatoms. The predicted octanol–water partition coefficient (Wildman–Crippen LogP) is 5.92. The van der Waals surface area contributed by atoms with E-state index < -0.39 is 47.4 Å². The van der Waals surface area contributed by atoms with Crippen molar-refractivity contribution in [2.75, 3.05) is 20.2 Å². The number of methoxy groups -OCH3 is 1. The quantitative estimate of drug-likeness (QED) is 0.117. The molecule has 0 aliphatic carbocycles. The average Bonchev–Trinajstić information content (AvgIpc) is 3.89. The summed E-state index contributed by atoms with van der Waals surface area (Å²) in [5, 5.41) is 9.35. The zero-order chi connectivity index (χ0) is 39.8. The number of amides is 2. The second-order valence-corrected chi connectivity index (χ2v) is 17.6. The van der Waals surface area contributed by atoms with E-state index in [9.17, 15) is 19.2 Å². The molecule has 296 valence electrons. The van der Waals surface area contributed by atoms with Gasteiger partial charge in [-0.05, 0) is 74.9 Å². The van der Waals surface area contributed by atoms with Gasteiger partial charge in [-0.2, -0.15) is 12.6 Å². The number of esters is 2. The highest BCUT2D eigenvalue weighted by Gasteiger charge is 2.48. The maximum atomic E-state index is 13.8. The van der Waals surface area contributed by atoms with Crippen molar-refractivity contribution in [3.63, 3.8) is 0 Å². The lowest BCUT2D eigenvalue weighted by Gasteiger charge is -2.29. The molecule has 2 aromatic carbocycles. The molecule has 0 unspecified atom stereocenters. The Morgan fingerprint density at radius 2 is 1.72 bits per heavy atom. The molecule has 11 nitrogen and oxygen atoms in total. The van der Waals surface area contributed by atoms with Crippen LogP contribution >= 0.6 is 24.2 Å². The Morgan fingerprint density at radius 3 is 2.35 bits per heavy atom. The minimum absolute atomic E-state index is 0.00847. The zero-order valence-corrected chi connectivity index (χ0v) is 34.2. The number of halogens is 1. The molecule has 1 fully saturated rings. The summed E-state index contributed by atoms with van der Waals surface area (Å²) < 4.78 is 23.2. The number of epoxide rings is 1. The first kappa shape index (κ1) is 43.2. The van der Waals surface area contributed by atoms with Gasteiger partial charge < -0.3 is 34.9 Å². The van der Waals surface area contributed by atoms with Crippen molar-refractivity contribution in [1.29, 1.82) is 0 Å². The summed E-state index contributed by atoms with van der Waals surface area (Å²) in [5.74, 6) is -2.14. The van der Waals surface area contributed by atoms with Gasteiger partial charge in [0.15, 0.2) is 6.10 Å². The Morgan fingerprint density at radius 1 is 1.04 bits per heavy atom. The van der Waals surface area contributed by atoms with Crippen molar-refractivity contribution in [2.45, 2.75) is 109 Å². The van der Waals surface area contributed by atoms with Crippen molar-refractivity contribution in [2.24, 2.45) is 17.3 Å². The monoisotopic (exact) mass is 785 g/mol. The molecule has 1 saturated heterocycles. The number of nitrogens with one attached hydrogen (secondary N) is 3. The van der Waals surface area contributed by atoms with E-state index in [0.717, 1.165) is 17.7 Å². The minimum atomic E-state index is -1.21. The molecule has 0 radical (unpaired) electrons. The number of hydrogen-bond acceptors (Lipinski definition) is 10. The summed E-state index contributed by atoms with van der Waals surface area (Å²) in [7, 11) is 1.51. The van der Waals surface area contributed by atoms with E-state index in [2.05, 4.69) is 54.6 Å². The third kappa shape index (κ3) is 12.7. The third-order valence-electron chi connectivity index (χ3n) is 9.47. The van der Waals surface area contributed by atoms with Gasteiger partial charge in [0, 0.05) is 43.1 Å². The first-order valence-electron chi connectivity index (χ1n) is 18.5. The van der Waals surface area contributed by atoms with Gasteiger partial charge in [0.05, 0.1) is 23.7 Å². The van der Waals surface area contributed by atoms with E-state index in [-0.39, 0.29) is 54.6 Å². The summed E-state index contributed by atoms with van der Waals surface area (Å²) in [6.07, 6.45) is 1.18. The lowest BCUT2D eigenvalue weighted by Crippen LogP contribution is -2.51. The molecule has 6 atom stereocenters. The molecule has 2 aromatic rings. The summed E-state index contributed by atoms with van der Waals surface area (Å²) in [6, 6.07) is 12.3. The zero-order valence-electron chi connectivity index (χ0n) is 32.6. The van der Waals surface area contributed by atoms with Gasteiger partial charge >= 0.3 is 11.9 Å². The molecular formula is C41H56ClN3O8S. The number of hydrogen-bond donors (Lipinski definition) is 4. The van der Waals surface area contributed by atoms with Gasteiger partial charge in [-0.15, -0.1) is 0 Å². The van der Waals surface area contributed by atoms with Crippen molar-refractivity contribution >= 4 is 48.0 Å². The predicted molar refractivity (Wildman–Crippen MR) is 211 cm³/mol. The highest BCUT2D eigenvalue weighted by Crippen LogP contribution is 2.45. The number of thiol groups is 1. The van der Waals surface area contributed by atoms with Gasteiger partial charge in [0.1, 0.15) is 24.0 Å². The molecule has 0 spiro atoms. The van der Waals surface area contributed by atoms with E-state index in [1.807, 2.05) is 32.9 Å². The Hall–Kier alpha value is -3.58. The molecule has 3 N–H and O–H groups in total. The summed E-state index contributed by atoms with van der Waals surface area (Å²) >= 11 is 10.9. The Labute approximate surface area is 330 Å². The molecule has 54 heavy (non-hydrogen) atoms. The number of ether oxygens (including phenoxy) is 4. The van der Waals surface area contributed by atoms with Crippen LogP contribution in [0.5, 0.6) is 5.75 Å². The third-order valence-corrected chi connectivity index (χ3v) is 9.93. The van der Waals surface area contributed by atoms with Crippen LogP contribution in [0.2, 0.25) is 5.02 Å². The normalized spacial score (nSPS) is 25.2. The number of carbonyl (C=O) groups excluding carboxylic acids is 4. The molecule has 0 saturated carbocycles. The largest absolute Gasteiger partial charge is 0.495 e. The van der Waals surface area contributed by atoms with E-state index >= 15 is 0 Å². The van der Waals surface area contributed by atoms with Crippen LogP contribution in [0.3, 0.4) is 0 Å². The number of benzene rings is 2. The first-order valence-corrected chi connectivity index (χ1v) is 19.4. The maximum absolute atomic E-state index is 13.8. The van der Waals surface area contributed by atoms with E-state index in [4.69, 9.17) is 30.5 Å². The van der Waals surface area contributed by atoms with Gasteiger partial charge in [0.2, 0.25) is 11.8 Å². The van der Waals surface area contributed by atoms with E-state index in [1.165, 1.54) is 13.2 Å². The van der Waals surface area contributed by atoms with Crippen molar-refractivity contribution in [3.8, 4) is 5.75 Å². The highest BCUT2D eigenvalue weighted by molar-refractivity contribution is 7.81. The molecule has 2 aliphatic rings. The summed E-state index contributed by atoms with van der Waals surface area (Å²) in [4.78, 5) is 54.1. The fraction of sp³-hybridized carbons (Fsp3) is 0.561. The molecule has 2 amide bonds. The summed E-state index contributed by atoms with van der Waals surface area (Å²) in [5.41, 5.74) is 1.63. The van der Waals surface area contributed by atoms with Crippen LogP contribution in [0.25, 0.3) is 0 Å². The molecule has 2 aliphatic heterocycles. The standard InChI is InChI=1S/C41H56ClN3O8S/c1-24(2)18-33-38(48)51-31(25(3)35-36(53-35)28-15-12-26(13-16-28)21-43-23-41(6,7)54)10-9-11-34(46)45-30(20-27-14-17-32(50-8)29(42)19-27)37(47)44-22-40(4,5)39(49)52-33/h9,11-17,19,24-25,30-31,33,35-36,43,54H,10,18,20-23H2,1-8H3,(H,44,47)(H,45,46)/b11-9+/t25-,30+,31-,33-,35+,36+/m0/s1. The van der Waals surface area contributed by atoms with Crippen molar-refractivity contribution in [3.05, 3.63) is 76.3 Å². The Bertz CT molecular complexity index is 1660. The molecule has 2 heterocycles. The maximum Gasteiger partial charge on any atom is 0.347 e. The SMILES string of the molecule is COc1ccc(C[C@H]2NC(=O)/C=C/C[C@@H]([C@H](C)[C@H]3O[C@@H]3c3ccc(CNCC(C)(C)S)cc3)OC(=O)[C@H](CC(C)C)OC(=O)C(C)(C)CNC2=O)cc1Cl. The van der Waals surface area contributed by atoms with Gasteiger partial charge in [0.25, 0.3) is 0 Å². The van der Waals surface area contributed by atoms with Crippen LogP contribution in [-0.2, 0) is 46.4 Å². The Balaban J connectivity index is 1.56. The summed E-state index contributed by atoms with van der Waals surface area (Å²) in [6.45, 7) is 14.5.